The zero-order valence-corrected chi connectivity index (χ0v) is 17.8. The van der Waals surface area contributed by atoms with Crippen LogP contribution in [-0.2, 0) is 22.5 Å². The van der Waals surface area contributed by atoms with Gasteiger partial charge in [0.1, 0.15) is 11.9 Å². The summed E-state index contributed by atoms with van der Waals surface area (Å²) in [7, 11) is 0. The number of halogens is 1. The fourth-order valence-corrected chi connectivity index (χ4v) is 4.10. The number of anilines is 1. The summed E-state index contributed by atoms with van der Waals surface area (Å²) in [5.41, 5.74) is 6.80. The van der Waals surface area contributed by atoms with Gasteiger partial charge in [-0.25, -0.2) is 4.39 Å². The number of fused-ring (bicyclic) bond motifs is 1. The average Bonchev–Trinajstić information content (AvgIpc) is 3.17. The molecule has 2 aliphatic rings. The van der Waals surface area contributed by atoms with Gasteiger partial charge in [0.2, 0.25) is 5.91 Å². The number of ether oxygens (including phenoxy) is 1. The quantitative estimate of drug-likeness (QED) is 0.720. The van der Waals surface area contributed by atoms with Crippen LogP contribution >= 0.6 is 0 Å². The van der Waals surface area contributed by atoms with Gasteiger partial charge in [-0.2, -0.15) is 10.5 Å². The van der Waals surface area contributed by atoms with Gasteiger partial charge >= 0.3 is 0 Å². The summed E-state index contributed by atoms with van der Waals surface area (Å²) >= 11 is 0. The molecule has 0 unspecified atom stereocenters. The summed E-state index contributed by atoms with van der Waals surface area (Å²) in [4.78, 5) is 26.9. The van der Waals surface area contributed by atoms with E-state index in [0.29, 0.717) is 37.3 Å². The van der Waals surface area contributed by atoms with Crippen molar-refractivity contribution in [3.8, 4) is 12.1 Å². The first-order valence-corrected chi connectivity index (χ1v) is 10.6. The van der Waals surface area contributed by atoms with Gasteiger partial charge in [-0.15, -0.1) is 0 Å². The molecule has 9 heteroatoms. The van der Waals surface area contributed by atoms with E-state index >= 15 is 4.39 Å². The average molecular weight is 447 g/mol. The number of hydrogen-bond acceptors (Lipinski definition) is 6. The van der Waals surface area contributed by atoms with Crippen LogP contribution in [0.15, 0.2) is 36.4 Å². The van der Waals surface area contributed by atoms with E-state index in [2.05, 4.69) is 5.32 Å². The number of nitriles is 2. The second kappa shape index (κ2) is 8.99. The van der Waals surface area contributed by atoms with Gasteiger partial charge in [0.05, 0.1) is 29.8 Å². The molecule has 2 aromatic carbocycles. The monoisotopic (exact) mass is 447 g/mol. The molecule has 1 atom stereocenters. The summed E-state index contributed by atoms with van der Waals surface area (Å²) in [6.07, 6.45) is 0.633. The molecule has 2 heterocycles. The van der Waals surface area contributed by atoms with Crippen LogP contribution in [-0.4, -0.2) is 36.6 Å². The number of nitrogens with two attached hydrogens (primary N) is 1. The van der Waals surface area contributed by atoms with Crippen LogP contribution in [0.3, 0.4) is 0 Å². The molecule has 0 radical (unpaired) electrons. The van der Waals surface area contributed by atoms with Crippen molar-refractivity contribution in [1.29, 1.82) is 10.5 Å². The summed E-state index contributed by atoms with van der Waals surface area (Å²) in [6.45, 7) is 0.768. The molecule has 33 heavy (non-hydrogen) atoms. The van der Waals surface area contributed by atoms with Gasteiger partial charge in [0.15, 0.2) is 0 Å². The molecule has 1 fully saturated rings. The molecule has 0 aliphatic carbocycles. The predicted molar refractivity (Wildman–Crippen MR) is 116 cm³/mol. The Kier molecular flexibility index (Phi) is 6.10. The molecule has 168 valence electrons. The third-order valence-corrected chi connectivity index (χ3v) is 6.15. The van der Waals surface area contributed by atoms with Crippen molar-refractivity contribution in [3.63, 3.8) is 0 Å². The molecule has 2 aliphatic heterocycles. The third-order valence-electron chi connectivity index (χ3n) is 6.15. The number of nitrogens with one attached hydrogen (secondary N) is 1. The normalized spacial score (nSPS) is 17.6. The lowest BCUT2D eigenvalue weighted by molar-refractivity contribution is -0.130. The first-order chi connectivity index (χ1) is 15.9. The minimum atomic E-state index is -1.11. The van der Waals surface area contributed by atoms with Crippen LogP contribution in [0.1, 0.15) is 39.9 Å². The number of benzene rings is 2. The summed E-state index contributed by atoms with van der Waals surface area (Å²) in [6, 6.07) is 12.5. The summed E-state index contributed by atoms with van der Waals surface area (Å²) in [5, 5.41) is 21.1. The number of nitrogens with zero attached hydrogens (tertiary/aromatic N) is 3. The largest absolute Gasteiger partial charge is 0.381 e. The minimum Gasteiger partial charge on any atom is -0.381 e. The highest BCUT2D eigenvalue weighted by Gasteiger charge is 2.37. The molecule has 1 saturated heterocycles. The van der Waals surface area contributed by atoms with E-state index in [1.54, 1.807) is 30.3 Å². The van der Waals surface area contributed by atoms with Crippen molar-refractivity contribution in [3.05, 3.63) is 64.5 Å². The van der Waals surface area contributed by atoms with E-state index in [1.807, 2.05) is 12.1 Å². The molecule has 0 aromatic heterocycles. The maximum Gasteiger partial charge on any atom is 0.259 e. The molecule has 2 amide bonds. The smallest absolute Gasteiger partial charge is 0.259 e. The Morgan fingerprint density at radius 1 is 1.21 bits per heavy atom. The van der Waals surface area contributed by atoms with E-state index in [1.165, 1.54) is 11.0 Å². The van der Waals surface area contributed by atoms with Gasteiger partial charge in [0.25, 0.3) is 5.91 Å². The van der Waals surface area contributed by atoms with E-state index in [-0.39, 0.29) is 35.6 Å². The lowest BCUT2D eigenvalue weighted by Crippen LogP contribution is -2.58. The van der Waals surface area contributed by atoms with Crippen molar-refractivity contribution in [2.45, 2.75) is 37.4 Å². The first-order valence-electron chi connectivity index (χ1n) is 10.6. The minimum absolute atomic E-state index is 0.0369. The van der Waals surface area contributed by atoms with Crippen LogP contribution in [0.5, 0.6) is 0 Å². The molecule has 8 nitrogen and oxygen atoms in total. The van der Waals surface area contributed by atoms with Crippen molar-refractivity contribution < 1.29 is 18.7 Å². The van der Waals surface area contributed by atoms with Gasteiger partial charge in [-0.3, -0.25) is 9.59 Å². The van der Waals surface area contributed by atoms with Crippen LogP contribution in [0.2, 0.25) is 0 Å². The molecule has 3 N–H and O–H groups in total. The lowest BCUT2D eigenvalue weighted by Gasteiger charge is -2.32. The highest BCUT2D eigenvalue weighted by atomic mass is 19.1. The van der Waals surface area contributed by atoms with E-state index in [0.717, 1.165) is 0 Å². The molecule has 2 aromatic rings. The summed E-state index contributed by atoms with van der Waals surface area (Å²) in [5.74, 6) is -1.36. The Bertz CT molecular complexity index is 1180. The number of carbonyl (C=O) groups excluding carboxylic acids is 2. The van der Waals surface area contributed by atoms with Crippen LogP contribution in [0.4, 0.5) is 10.1 Å². The van der Waals surface area contributed by atoms with E-state index in [9.17, 15) is 14.9 Å². The SMILES string of the molecule is N#Cc1ccc(N2Cc3c(ccc(C[C@H](C#N)NC(=O)C4(N)CCOCC4)c3F)C2=O)cc1. The second-order valence-corrected chi connectivity index (χ2v) is 8.24. The highest BCUT2D eigenvalue weighted by molar-refractivity contribution is 6.10. The van der Waals surface area contributed by atoms with Crippen molar-refractivity contribution in [1.82, 2.24) is 5.32 Å². The topological polar surface area (TPSA) is 132 Å². The summed E-state index contributed by atoms with van der Waals surface area (Å²) < 4.78 is 20.6. The number of amides is 2. The van der Waals surface area contributed by atoms with Gasteiger partial charge in [0, 0.05) is 36.4 Å². The maximum absolute atomic E-state index is 15.3. The Morgan fingerprint density at radius 2 is 1.91 bits per heavy atom. The fraction of sp³-hybridized carbons (Fsp3) is 0.333. The molecule has 0 spiro atoms. The Labute approximate surface area is 190 Å². The van der Waals surface area contributed by atoms with Crippen molar-refractivity contribution in [2.75, 3.05) is 18.1 Å². The Morgan fingerprint density at radius 3 is 2.55 bits per heavy atom. The van der Waals surface area contributed by atoms with Crippen molar-refractivity contribution >= 4 is 17.5 Å². The molecule has 4 rings (SSSR count). The number of rotatable bonds is 5. The molecular weight excluding hydrogens is 425 g/mol. The molecule has 0 saturated carbocycles. The number of hydrogen-bond donors (Lipinski definition) is 2. The van der Waals surface area contributed by atoms with E-state index in [4.69, 9.17) is 15.7 Å². The van der Waals surface area contributed by atoms with Gasteiger partial charge in [-0.05, 0) is 48.7 Å². The lowest BCUT2D eigenvalue weighted by atomic mass is 9.89. The van der Waals surface area contributed by atoms with E-state index < -0.39 is 23.3 Å². The Hall–Kier alpha value is -3.79. The van der Waals surface area contributed by atoms with Gasteiger partial charge < -0.3 is 20.7 Å². The van der Waals surface area contributed by atoms with Crippen LogP contribution < -0.4 is 16.0 Å². The zero-order chi connectivity index (χ0) is 23.6. The maximum atomic E-state index is 15.3. The third kappa shape index (κ3) is 4.29. The van der Waals surface area contributed by atoms with Crippen LogP contribution in [0.25, 0.3) is 0 Å². The number of carbonyl (C=O) groups is 2. The zero-order valence-electron chi connectivity index (χ0n) is 17.8. The molecule has 0 bridgehead atoms. The highest BCUT2D eigenvalue weighted by Crippen LogP contribution is 2.32. The molecular formula is C24H22FN5O3. The fourth-order valence-electron chi connectivity index (χ4n) is 4.10. The van der Waals surface area contributed by atoms with Crippen LogP contribution in [0, 0.1) is 28.5 Å². The Balaban J connectivity index is 1.51. The standard InChI is InChI=1S/C24H22FN5O3/c25-21-16(11-17(13-27)29-23(32)24(28)7-9-33-10-8-24)3-6-19-20(21)14-30(22(19)31)18-4-1-15(12-26)2-5-18/h1-6,17H,7-11,14,28H2,(H,29,32)/t17-/m1/s1. The second-order valence-electron chi connectivity index (χ2n) is 8.24. The predicted octanol–water partition coefficient (Wildman–Crippen LogP) is 1.92. The van der Waals surface area contributed by atoms with Crippen molar-refractivity contribution in [2.24, 2.45) is 5.73 Å². The first kappa shape index (κ1) is 22.4. The van der Waals surface area contributed by atoms with Gasteiger partial charge in [-0.1, -0.05) is 6.07 Å².